The van der Waals surface area contributed by atoms with E-state index in [9.17, 15) is 5.26 Å². The highest BCUT2D eigenvalue weighted by Crippen LogP contribution is 2.41. The van der Waals surface area contributed by atoms with Crippen LogP contribution in [-0.4, -0.2) is 17.7 Å². The van der Waals surface area contributed by atoms with Gasteiger partial charge in [-0.2, -0.15) is 5.26 Å². The van der Waals surface area contributed by atoms with Gasteiger partial charge in [-0.1, -0.05) is 18.2 Å². The molecule has 4 heteroatoms. The Labute approximate surface area is 141 Å². The number of nitrogens with zero attached hydrogens (tertiary/aromatic N) is 2. The lowest BCUT2D eigenvalue weighted by Gasteiger charge is -2.29. The van der Waals surface area contributed by atoms with Crippen LogP contribution in [0.15, 0.2) is 42.6 Å². The lowest BCUT2D eigenvalue weighted by molar-refractivity contribution is 0.152. The van der Waals surface area contributed by atoms with Gasteiger partial charge in [0.1, 0.15) is 11.7 Å². The van der Waals surface area contributed by atoms with Gasteiger partial charge in [0.05, 0.1) is 18.4 Å². The zero-order valence-electron chi connectivity index (χ0n) is 13.9. The van der Waals surface area contributed by atoms with E-state index in [1.807, 2.05) is 62.4 Å². The Morgan fingerprint density at radius 1 is 1.29 bits per heavy atom. The molecule has 2 heterocycles. The Morgan fingerprint density at radius 3 is 2.79 bits per heavy atom. The molecule has 1 aromatic carbocycles. The van der Waals surface area contributed by atoms with Crippen molar-refractivity contribution in [3.63, 3.8) is 0 Å². The summed E-state index contributed by atoms with van der Waals surface area (Å²) >= 11 is 0. The van der Waals surface area contributed by atoms with Gasteiger partial charge >= 0.3 is 0 Å². The molecule has 0 radical (unpaired) electrons. The third-order valence-electron chi connectivity index (χ3n) is 3.79. The Hall–Kier alpha value is -3.06. The molecule has 0 N–H and O–H groups in total. The van der Waals surface area contributed by atoms with Crippen LogP contribution in [0.4, 0.5) is 0 Å². The molecule has 0 saturated heterocycles. The number of methoxy groups -OCH3 is 1. The van der Waals surface area contributed by atoms with Gasteiger partial charge < -0.3 is 9.47 Å². The summed E-state index contributed by atoms with van der Waals surface area (Å²) in [6.45, 7) is 3.98. The molecule has 120 valence electrons. The van der Waals surface area contributed by atoms with Gasteiger partial charge in [0.25, 0.3) is 0 Å². The summed E-state index contributed by atoms with van der Waals surface area (Å²) < 4.78 is 11.5. The van der Waals surface area contributed by atoms with Crippen molar-refractivity contribution >= 4 is 17.7 Å². The number of rotatable bonds is 3. The SMILES string of the molecule is COc1ccc(/C=C(\C#N)c2ccccn2)c2c1OC(C)(C)C=C2. The second-order valence-corrected chi connectivity index (χ2v) is 6.02. The minimum absolute atomic E-state index is 0.401. The maximum absolute atomic E-state index is 9.50. The highest BCUT2D eigenvalue weighted by Gasteiger charge is 2.26. The minimum Gasteiger partial charge on any atom is -0.493 e. The van der Waals surface area contributed by atoms with Crippen LogP contribution in [0.1, 0.15) is 30.7 Å². The number of pyridine rings is 1. The average molecular weight is 318 g/mol. The highest BCUT2D eigenvalue weighted by atomic mass is 16.5. The molecule has 1 aromatic heterocycles. The van der Waals surface area contributed by atoms with Crippen LogP contribution in [0.5, 0.6) is 11.5 Å². The molecule has 4 nitrogen and oxygen atoms in total. The average Bonchev–Trinajstić information content (AvgIpc) is 2.59. The minimum atomic E-state index is -0.401. The van der Waals surface area contributed by atoms with Gasteiger partial charge in [-0.25, -0.2) is 0 Å². The fourth-order valence-electron chi connectivity index (χ4n) is 2.58. The number of ether oxygens (including phenoxy) is 2. The maximum atomic E-state index is 9.50. The van der Waals surface area contributed by atoms with Crippen molar-refractivity contribution in [1.29, 1.82) is 5.26 Å². The largest absolute Gasteiger partial charge is 0.493 e. The van der Waals surface area contributed by atoms with E-state index in [1.54, 1.807) is 13.3 Å². The lowest BCUT2D eigenvalue weighted by atomic mass is 9.96. The van der Waals surface area contributed by atoms with Crippen molar-refractivity contribution in [2.24, 2.45) is 0 Å². The van der Waals surface area contributed by atoms with E-state index in [0.717, 1.165) is 11.1 Å². The molecule has 1 aliphatic rings. The number of nitriles is 1. The molecule has 24 heavy (non-hydrogen) atoms. The molecule has 0 fully saturated rings. The normalized spacial score (nSPS) is 15.2. The Bertz CT molecular complexity index is 859. The highest BCUT2D eigenvalue weighted by molar-refractivity contribution is 5.91. The van der Waals surface area contributed by atoms with Crippen molar-refractivity contribution in [3.8, 4) is 17.6 Å². The molecular weight excluding hydrogens is 300 g/mol. The first-order valence-electron chi connectivity index (χ1n) is 7.66. The standard InChI is InChI=1S/C20H18N2O2/c1-20(2)10-9-16-14(7-8-18(23-3)19(16)24-20)12-15(13-21)17-6-4-5-11-22-17/h4-12H,1-3H3/b15-12+. The second kappa shape index (κ2) is 6.21. The number of aromatic nitrogens is 1. The number of fused-ring (bicyclic) bond motifs is 1. The summed E-state index contributed by atoms with van der Waals surface area (Å²) in [4.78, 5) is 4.25. The van der Waals surface area contributed by atoms with Crippen molar-refractivity contribution < 1.29 is 9.47 Å². The van der Waals surface area contributed by atoms with Crippen molar-refractivity contribution in [2.75, 3.05) is 7.11 Å². The summed E-state index contributed by atoms with van der Waals surface area (Å²) in [5.41, 5.74) is 2.53. The first kappa shape index (κ1) is 15.8. The van der Waals surface area contributed by atoms with Gasteiger partial charge in [0.15, 0.2) is 11.5 Å². The molecule has 0 bridgehead atoms. The van der Waals surface area contributed by atoms with Crippen molar-refractivity contribution in [3.05, 3.63) is 59.4 Å². The van der Waals surface area contributed by atoms with Crippen LogP contribution in [0.25, 0.3) is 17.7 Å². The van der Waals surface area contributed by atoms with Crippen molar-refractivity contribution in [1.82, 2.24) is 4.98 Å². The number of hydrogen-bond donors (Lipinski definition) is 0. The van der Waals surface area contributed by atoms with Crippen LogP contribution in [0.3, 0.4) is 0 Å². The summed E-state index contributed by atoms with van der Waals surface area (Å²) in [6.07, 6.45) is 7.52. The first-order chi connectivity index (χ1) is 11.5. The van der Waals surface area contributed by atoms with Gasteiger partial charge in [-0.3, -0.25) is 4.98 Å². The summed E-state index contributed by atoms with van der Waals surface area (Å²) in [6, 6.07) is 11.5. The van der Waals surface area contributed by atoms with E-state index in [1.165, 1.54) is 0 Å². The Kier molecular flexibility index (Phi) is 4.09. The smallest absolute Gasteiger partial charge is 0.170 e. The van der Waals surface area contributed by atoms with E-state index < -0.39 is 5.60 Å². The molecular formula is C20H18N2O2. The summed E-state index contributed by atoms with van der Waals surface area (Å²) in [5, 5.41) is 9.50. The van der Waals surface area contributed by atoms with E-state index in [-0.39, 0.29) is 0 Å². The van der Waals surface area contributed by atoms with E-state index in [2.05, 4.69) is 11.1 Å². The van der Waals surface area contributed by atoms with Crippen LogP contribution in [-0.2, 0) is 0 Å². The molecule has 0 amide bonds. The summed E-state index contributed by atoms with van der Waals surface area (Å²) in [7, 11) is 1.62. The fraction of sp³-hybridized carbons (Fsp3) is 0.200. The zero-order valence-corrected chi connectivity index (χ0v) is 13.9. The third-order valence-corrected chi connectivity index (χ3v) is 3.79. The molecule has 2 aromatic rings. The molecule has 3 rings (SSSR count). The van der Waals surface area contributed by atoms with Crippen LogP contribution >= 0.6 is 0 Å². The molecule has 0 saturated carbocycles. The van der Waals surface area contributed by atoms with Gasteiger partial charge in [0.2, 0.25) is 0 Å². The van der Waals surface area contributed by atoms with E-state index in [4.69, 9.17) is 9.47 Å². The Balaban J connectivity index is 2.13. The molecule has 0 unspecified atom stereocenters. The van der Waals surface area contributed by atoms with Crippen LogP contribution in [0, 0.1) is 11.3 Å². The molecule has 0 aliphatic carbocycles. The monoisotopic (exact) mass is 318 g/mol. The van der Waals surface area contributed by atoms with Crippen LogP contribution in [0.2, 0.25) is 0 Å². The fourth-order valence-corrected chi connectivity index (χ4v) is 2.58. The quantitative estimate of drug-likeness (QED) is 0.790. The zero-order chi connectivity index (χ0) is 17.2. The first-order valence-corrected chi connectivity index (χ1v) is 7.66. The predicted octanol–water partition coefficient (Wildman–Crippen LogP) is 4.34. The van der Waals surface area contributed by atoms with Gasteiger partial charge in [-0.15, -0.1) is 0 Å². The van der Waals surface area contributed by atoms with E-state index in [0.29, 0.717) is 22.8 Å². The van der Waals surface area contributed by atoms with Crippen molar-refractivity contribution in [2.45, 2.75) is 19.4 Å². The number of benzene rings is 1. The molecule has 0 atom stereocenters. The topological polar surface area (TPSA) is 55.1 Å². The lowest BCUT2D eigenvalue weighted by Crippen LogP contribution is -2.28. The maximum Gasteiger partial charge on any atom is 0.170 e. The molecule has 1 aliphatic heterocycles. The Morgan fingerprint density at radius 2 is 2.12 bits per heavy atom. The van der Waals surface area contributed by atoms with E-state index >= 15 is 0 Å². The van der Waals surface area contributed by atoms with Crippen LogP contribution < -0.4 is 9.47 Å². The third kappa shape index (κ3) is 3.02. The van der Waals surface area contributed by atoms with Gasteiger partial charge in [-0.05, 0) is 49.8 Å². The number of hydrogen-bond acceptors (Lipinski definition) is 4. The molecule has 0 spiro atoms. The number of allylic oxidation sites excluding steroid dienone is 1. The summed E-state index contributed by atoms with van der Waals surface area (Å²) in [5.74, 6) is 1.37. The predicted molar refractivity (Wildman–Crippen MR) is 94.5 cm³/mol. The second-order valence-electron chi connectivity index (χ2n) is 6.02. The van der Waals surface area contributed by atoms with Gasteiger partial charge in [0, 0.05) is 11.8 Å².